The average Bonchev–Trinajstić information content (AvgIpc) is 2.55. The van der Waals surface area contributed by atoms with Crippen molar-refractivity contribution in [2.45, 2.75) is 17.9 Å². The zero-order valence-electron chi connectivity index (χ0n) is 13.1. The molecule has 3 rings (SSSR count). The molecule has 1 unspecified atom stereocenters. The Hall–Kier alpha value is -1.83. The first-order valence-electron chi connectivity index (χ1n) is 7.52. The number of morpholine rings is 1. The number of hydrogen-bond acceptors (Lipinski definition) is 3. The Labute approximate surface area is 139 Å². The first kappa shape index (κ1) is 17.0. The summed E-state index contributed by atoms with van der Waals surface area (Å²) in [4.78, 5) is -0.908. The summed E-state index contributed by atoms with van der Waals surface area (Å²) >= 11 is 0. The standard InChI is InChI=1S/C17H17F2NO3S/c1-12-5-7-13(8-6-12)16-11-20(9-10-23-16)24(21,22)17-14(18)3-2-4-15(17)19/h2-8,16H,9-11H2,1H3. The monoisotopic (exact) mass is 353 g/mol. The van der Waals surface area contributed by atoms with Crippen LogP contribution in [-0.2, 0) is 14.8 Å². The summed E-state index contributed by atoms with van der Waals surface area (Å²) in [5, 5.41) is 0. The maximum absolute atomic E-state index is 13.9. The van der Waals surface area contributed by atoms with E-state index in [1.165, 1.54) is 0 Å². The minimum Gasteiger partial charge on any atom is -0.371 e. The van der Waals surface area contributed by atoms with Crippen LogP contribution in [0.2, 0.25) is 0 Å². The normalized spacial score (nSPS) is 19.4. The Kier molecular flexibility index (Phi) is 4.67. The summed E-state index contributed by atoms with van der Waals surface area (Å²) in [6, 6.07) is 10.5. The topological polar surface area (TPSA) is 46.6 Å². The predicted octanol–water partition coefficient (Wildman–Crippen LogP) is 3.04. The molecular formula is C17H17F2NO3S. The summed E-state index contributed by atoms with van der Waals surface area (Å²) in [5.41, 5.74) is 1.90. The maximum atomic E-state index is 13.9. The molecule has 1 aliphatic heterocycles. The molecule has 0 N–H and O–H groups in total. The van der Waals surface area contributed by atoms with Crippen molar-refractivity contribution >= 4 is 10.0 Å². The lowest BCUT2D eigenvalue weighted by Gasteiger charge is -2.32. The van der Waals surface area contributed by atoms with E-state index in [0.29, 0.717) is 0 Å². The SMILES string of the molecule is Cc1ccc(C2CN(S(=O)(=O)c3c(F)cccc3F)CCO2)cc1. The van der Waals surface area contributed by atoms with Crippen molar-refractivity contribution in [2.24, 2.45) is 0 Å². The molecule has 7 heteroatoms. The van der Waals surface area contributed by atoms with E-state index in [9.17, 15) is 17.2 Å². The third kappa shape index (κ3) is 3.19. The second-order valence-electron chi connectivity index (χ2n) is 5.68. The van der Waals surface area contributed by atoms with Gasteiger partial charge in [0.25, 0.3) is 0 Å². The smallest absolute Gasteiger partial charge is 0.249 e. The van der Waals surface area contributed by atoms with Gasteiger partial charge in [0.2, 0.25) is 10.0 Å². The van der Waals surface area contributed by atoms with Gasteiger partial charge in [-0.05, 0) is 24.6 Å². The zero-order chi connectivity index (χ0) is 17.3. The number of hydrogen-bond donors (Lipinski definition) is 0. The molecule has 0 bridgehead atoms. The first-order chi connectivity index (χ1) is 11.4. The van der Waals surface area contributed by atoms with Crippen LogP contribution >= 0.6 is 0 Å². The van der Waals surface area contributed by atoms with Gasteiger partial charge in [0, 0.05) is 13.1 Å². The lowest BCUT2D eigenvalue weighted by atomic mass is 10.1. The summed E-state index contributed by atoms with van der Waals surface area (Å²) in [5.74, 6) is -2.18. The Morgan fingerprint density at radius 3 is 2.33 bits per heavy atom. The summed E-state index contributed by atoms with van der Waals surface area (Å²) in [6.45, 7) is 2.18. The van der Waals surface area contributed by atoms with Crippen LogP contribution in [0.4, 0.5) is 8.78 Å². The van der Waals surface area contributed by atoms with Crippen LogP contribution in [0.3, 0.4) is 0 Å². The van der Waals surface area contributed by atoms with Crippen molar-refractivity contribution in [3.63, 3.8) is 0 Å². The molecule has 1 saturated heterocycles. The fourth-order valence-electron chi connectivity index (χ4n) is 2.68. The highest BCUT2D eigenvalue weighted by Crippen LogP contribution is 2.28. The number of ether oxygens (including phenoxy) is 1. The average molecular weight is 353 g/mol. The molecular weight excluding hydrogens is 336 g/mol. The molecule has 1 heterocycles. The van der Waals surface area contributed by atoms with E-state index in [0.717, 1.165) is 33.6 Å². The van der Waals surface area contributed by atoms with Crippen molar-refractivity contribution in [1.82, 2.24) is 4.31 Å². The Morgan fingerprint density at radius 2 is 1.71 bits per heavy atom. The highest BCUT2D eigenvalue weighted by atomic mass is 32.2. The maximum Gasteiger partial charge on any atom is 0.249 e. The molecule has 0 spiro atoms. The van der Waals surface area contributed by atoms with E-state index in [2.05, 4.69) is 0 Å². The second-order valence-corrected chi connectivity index (χ2v) is 7.56. The largest absolute Gasteiger partial charge is 0.371 e. The van der Waals surface area contributed by atoms with Crippen LogP contribution in [0, 0.1) is 18.6 Å². The number of rotatable bonds is 3. The van der Waals surface area contributed by atoms with Gasteiger partial charge in [-0.1, -0.05) is 35.9 Å². The zero-order valence-corrected chi connectivity index (χ0v) is 13.9. The molecule has 128 valence electrons. The van der Waals surface area contributed by atoms with Crippen LogP contribution in [-0.4, -0.2) is 32.4 Å². The fraction of sp³-hybridized carbons (Fsp3) is 0.294. The van der Waals surface area contributed by atoms with Gasteiger partial charge in [0.05, 0.1) is 12.7 Å². The van der Waals surface area contributed by atoms with Crippen molar-refractivity contribution in [3.05, 3.63) is 65.2 Å². The van der Waals surface area contributed by atoms with Gasteiger partial charge in [-0.2, -0.15) is 4.31 Å². The van der Waals surface area contributed by atoms with Gasteiger partial charge in [-0.25, -0.2) is 17.2 Å². The molecule has 2 aromatic carbocycles. The summed E-state index contributed by atoms with van der Waals surface area (Å²) in [7, 11) is -4.27. The van der Waals surface area contributed by atoms with E-state index in [1.807, 2.05) is 31.2 Å². The van der Waals surface area contributed by atoms with Gasteiger partial charge < -0.3 is 4.74 Å². The van der Waals surface area contributed by atoms with Gasteiger partial charge in [-0.3, -0.25) is 0 Å². The van der Waals surface area contributed by atoms with Crippen LogP contribution in [0.5, 0.6) is 0 Å². The highest BCUT2D eigenvalue weighted by Gasteiger charge is 2.35. The van der Waals surface area contributed by atoms with Gasteiger partial charge >= 0.3 is 0 Å². The number of benzene rings is 2. The van der Waals surface area contributed by atoms with Crippen molar-refractivity contribution < 1.29 is 21.9 Å². The fourth-order valence-corrected chi connectivity index (χ4v) is 4.22. The summed E-state index contributed by atoms with van der Waals surface area (Å²) < 4.78 is 59.8. The van der Waals surface area contributed by atoms with Crippen molar-refractivity contribution in [3.8, 4) is 0 Å². The van der Waals surface area contributed by atoms with Gasteiger partial charge in [0.1, 0.15) is 11.6 Å². The molecule has 2 aromatic rings. The van der Waals surface area contributed by atoms with Gasteiger partial charge in [-0.15, -0.1) is 0 Å². The molecule has 1 aliphatic rings. The second kappa shape index (κ2) is 6.58. The molecule has 0 amide bonds. The molecule has 0 radical (unpaired) electrons. The highest BCUT2D eigenvalue weighted by molar-refractivity contribution is 7.89. The van der Waals surface area contributed by atoms with Crippen LogP contribution < -0.4 is 0 Å². The molecule has 24 heavy (non-hydrogen) atoms. The molecule has 0 saturated carbocycles. The predicted molar refractivity (Wildman–Crippen MR) is 85.0 cm³/mol. The number of halogens is 2. The Balaban J connectivity index is 1.90. The molecule has 1 atom stereocenters. The Morgan fingerprint density at radius 1 is 1.08 bits per heavy atom. The minimum absolute atomic E-state index is 0.0131. The van der Waals surface area contributed by atoms with E-state index in [4.69, 9.17) is 4.74 Å². The van der Waals surface area contributed by atoms with E-state index >= 15 is 0 Å². The quantitative estimate of drug-likeness (QED) is 0.852. The third-order valence-corrected chi connectivity index (χ3v) is 5.91. The minimum atomic E-state index is -4.27. The lowest BCUT2D eigenvalue weighted by molar-refractivity contribution is -0.00267. The number of nitrogens with zero attached hydrogens (tertiary/aromatic N) is 1. The number of aryl methyl sites for hydroxylation is 1. The Bertz CT molecular complexity index is 817. The van der Waals surface area contributed by atoms with Crippen LogP contribution in [0.25, 0.3) is 0 Å². The van der Waals surface area contributed by atoms with Gasteiger partial charge in [0.15, 0.2) is 4.90 Å². The first-order valence-corrected chi connectivity index (χ1v) is 8.96. The van der Waals surface area contributed by atoms with Crippen LogP contribution in [0.1, 0.15) is 17.2 Å². The molecule has 4 nitrogen and oxygen atoms in total. The van der Waals surface area contributed by atoms with E-state index in [-0.39, 0.29) is 19.7 Å². The lowest BCUT2D eigenvalue weighted by Crippen LogP contribution is -2.42. The van der Waals surface area contributed by atoms with E-state index < -0.39 is 32.7 Å². The summed E-state index contributed by atoms with van der Waals surface area (Å²) in [6.07, 6.45) is -0.469. The molecule has 0 aliphatic carbocycles. The molecule has 0 aromatic heterocycles. The van der Waals surface area contributed by atoms with E-state index in [1.54, 1.807) is 0 Å². The molecule has 1 fully saturated rings. The van der Waals surface area contributed by atoms with Crippen molar-refractivity contribution in [1.29, 1.82) is 0 Å². The van der Waals surface area contributed by atoms with Crippen LogP contribution in [0.15, 0.2) is 47.4 Å². The number of sulfonamides is 1. The van der Waals surface area contributed by atoms with Crippen molar-refractivity contribution in [2.75, 3.05) is 19.7 Å². The third-order valence-electron chi connectivity index (χ3n) is 4.00.